The second-order valence-corrected chi connectivity index (χ2v) is 5.57. The summed E-state index contributed by atoms with van der Waals surface area (Å²) < 4.78 is 19.3. The summed E-state index contributed by atoms with van der Waals surface area (Å²) in [5.74, 6) is 0.419. The first-order valence-corrected chi connectivity index (χ1v) is 7.37. The van der Waals surface area contributed by atoms with E-state index in [1.54, 1.807) is 12.1 Å². The zero-order valence-corrected chi connectivity index (χ0v) is 12.1. The van der Waals surface area contributed by atoms with E-state index in [0.29, 0.717) is 18.1 Å². The Labute approximate surface area is 124 Å². The number of benzene rings is 2. The molecule has 2 nitrogen and oxygen atoms in total. The Kier molecular flexibility index (Phi) is 3.68. The van der Waals surface area contributed by atoms with Gasteiger partial charge in [0.15, 0.2) is 0 Å². The van der Waals surface area contributed by atoms with Crippen LogP contribution in [0, 0.1) is 5.82 Å². The van der Waals surface area contributed by atoms with Crippen molar-refractivity contribution < 1.29 is 14.2 Å². The van der Waals surface area contributed by atoms with E-state index in [2.05, 4.69) is 0 Å². The van der Waals surface area contributed by atoms with Gasteiger partial charge in [-0.05, 0) is 54.7 Å². The van der Waals surface area contributed by atoms with Gasteiger partial charge in [-0.1, -0.05) is 31.2 Å². The van der Waals surface area contributed by atoms with Crippen molar-refractivity contribution in [2.24, 2.45) is 0 Å². The Morgan fingerprint density at radius 3 is 2.43 bits per heavy atom. The second-order valence-electron chi connectivity index (χ2n) is 5.57. The van der Waals surface area contributed by atoms with Gasteiger partial charge in [0, 0.05) is 0 Å². The predicted molar refractivity (Wildman–Crippen MR) is 79.8 cm³/mol. The van der Waals surface area contributed by atoms with Crippen molar-refractivity contribution in [1.29, 1.82) is 0 Å². The van der Waals surface area contributed by atoms with Crippen LogP contribution in [0.1, 0.15) is 37.3 Å². The van der Waals surface area contributed by atoms with Gasteiger partial charge in [-0.15, -0.1) is 0 Å². The fourth-order valence-corrected chi connectivity index (χ4v) is 2.53. The van der Waals surface area contributed by atoms with Gasteiger partial charge in [0.1, 0.15) is 17.2 Å². The summed E-state index contributed by atoms with van der Waals surface area (Å²) in [6.45, 7) is 1.89. The molecule has 0 amide bonds. The molecule has 0 saturated heterocycles. The molecule has 0 aliphatic heterocycles. The van der Waals surface area contributed by atoms with Gasteiger partial charge in [-0.3, -0.25) is 0 Å². The van der Waals surface area contributed by atoms with E-state index >= 15 is 0 Å². The van der Waals surface area contributed by atoms with Crippen LogP contribution in [0.3, 0.4) is 0 Å². The minimum Gasteiger partial charge on any atom is -0.490 e. The molecule has 0 radical (unpaired) electrons. The van der Waals surface area contributed by atoms with E-state index in [9.17, 15) is 9.50 Å². The molecular formula is C18H19FO2. The summed E-state index contributed by atoms with van der Waals surface area (Å²) >= 11 is 0. The van der Waals surface area contributed by atoms with Crippen LogP contribution in [-0.2, 0) is 5.60 Å². The standard InChI is InChI=1S/C18H19FO2/c1-2-18(20,13-5-3-7-15(19)11-13)14-6-4-8-17(12-14)21-16-9-10-16/h3-8,11-12,16,20H,2,9-10H2,1H3. The largest absolute Gasteiger partial charge is 0.490 e. The average molecular weight is 286 g/mol. The summed E-state index contributed by atoms with van der Waals surface area (Å²) in [5, 5.41) is 11.0. The zero-order chi connectivity index (χ0) is 14.9. The van der Waals surface area contributed by atoms with Crippen LogP contribution in [0.25, 0.3) is 0 Å². The summed E-state index contributed by atoms with van der Waals surface area (Å²) in [6, 6.07) is 13.6. The van der Waals surface area contributed by atoms with E-state index < -0.39 is 5.60 Å². The van der Waals surface area contributed by atoms with Crippen molar-refractivity contribution in [3.8, 4) is 5.75 Å². The van der Waals surface area contributed by atoms with Crippen LogP contribution in [0.2, 0.25) is 0 Å². The molecule has 110 valence electrons. The molecule has 3 heteroatoms. The minimum absolute atomic E-state index is 0.309. The molecule has 0 spiro atoms. The molecule has 0 heterocycles. The summed E-state index contributed by atoms with van der Waals surface area (Å²) in [6.07, 6.45) is 2.95. The van der Waals surface area contributed by atoms with E-state index in [0.717, 1.165) is 24.2 Å². The summed E-state index contributed by atoms with van der Waals surface area (Å²) in [5.41, 5.74) is 0.0905. The molecule has 1 saturated carbocycles. The van der Waals surface area contributed by atoms with Crippen molar-refractivity contribution in [3.05, 3.63) is 65.5 Å². The highest BCUT2D eigenvalue weighted by Crippen LogP contribution is 2.36. The Morgan fingerprint density at radius 2 is 1.81 bits per heavy atom. The van der Waals surface area contributed by atoms with Crippen LogP contribution in [-0.4, -0.2) is 11.2 Å². The smallest absolute Gasteiger partial charge is 0.123 e. The SMILES string of the molecule is CCC(O)(c1cccc(F)c1)c1cccc(OC2CC2)c1. The van der Waals surface area contributed by atoms with Crippen LogP contribution >= 0.6 is 0 Å². The lowest BCUT2D eigenvalue weighted by atomic mass is 9.84. The van der Waals surface area contributed by atoms with Gasteiger partial charge in [-0.2, -0.15) is 0 Å². The highest BCUT2D eigenvalue weighted by molar-refractivity contribution is 5.40. The molecule has 1 aliphatic carbocycles. The molecule has 0 bridgehead atoms. The van der Waals surface area contributed by atoms with E-state index in [4.69, 9.17) is 4.74 Å². The first kappa shape index (κ1) is 14.1. The van der Waals surface area contributed by atoms with Gasteiger partial charge in [-0.25, -0.2) is 4.39 Å². The van der Waals surface area contributed by atoms with Gasteiger partial charge >= 0.3 is 0 Å². The van der Waals surface area contributed by atoms with Crippen LogP contribution in [0.15, 0.2) is 48.5 Å². The maximum Gasteiger partial charge on any atom is 0.123 e. The lowest BCUT2D eigenvalue weighted by Crippen LogP contribution is -2.26. The summed E-state index contributed by atoms with van der Waals surface area (Å²) in [7, 11) is 0. The van der Waals surface area contributed by atoms with Crippen molar-refractivity contribution in [1.82, 2.24) is 0 Å². The first-order valence-electron chi connectivity index (χ1n) is 7.37. The molecule has 1 fully saturated rings. The second kappa shape index (κ2) is 5.49. The predicted octanol–water partition coefficient (Wildman–Crippen LogP) is 4.01. The maximum atomic E-state index is 13.5. The molecule has 21 heavy (non-hydrogen) atoms. The van der Waals surface area contributed by atoms with Crippen LogP contribution in [0.4, 0.5) is 4.39 Å². The first-order chi connectivity index (χ1) is 10.1. The lowest BCUT2D eigenvalue weighted by molar-refractivity contribution is 0.0758. The molecule has 1 atom stereocenters. The minimum atomic E-state index is -1.20. The highest BCUT2D eigenvalue weighted by atomic mass is 19.1. The van der Waals surface area contributed by atoms with Crippen molar-refractivity contribution in [2.45, 2.75) is 37.9 Å². The lowest BCUT2D eigenvalue weighted by Gasteiger charge is -2.28. The monoisotopic (exact) mass is 286 g/mol. The molecule has 3 rings (SSSR count). The van der Waals surface area contributed by atoms with Gasteiger partial charge < -0.3 is 9.84 Å². The Hall–Kier alpha value is -1.87. The highest BCUT2D eigenvalue weighted by Gasteiger charge is 2.31. The Balaban J connectivity index is 1.97. The average Bonchev–Trinajstić information content (AvgIpc) is 3.30. The molecule has 1 unspecified atom stereocenters. The third-order valence-corrected chi connectivity index (χ3v) is 3.95. The normalized spacial score (nSPS) is 17.3. The van der Waals surface area contributed by atoms with E-state index in [-0.39, 0.29) is 5.82 Å². The molecule has 1 aliphatic rings. The zero-order valence-electron chi connectivity index (χ0n) is 12.1. The molecule has 2 aromatic rings. The third kappa shape index (κ3) is 2.93. The number of hydrogen-bond donors (Lipinski definition) is 1. The number of halogens is 1. The molecule has 2 aromatic carbocycles. The third-order valence-electron chi connectivity index (χ3n) is 3.95. The topological polar surface area (TPSA) is 29.5 Å². The quantitative estimate of drug-likeness (QED) is 0.899. The molecule has 1 N–H and O–H groups in total. The van der Waals surface area contributed by atoms with Crippen molar-refractivity contribution >= 4 is 0 Å². The Morgan fingerprint density at radius 1 is 1.14 bits per heavy atom. The number of ether oxygens (including phenoxy) is 1. The summed E-state index contributed by atoms with van der Waals surface area (Å²) in [4.78, 5) is 0. The van der Waals surface area contributed by atoms with E-state index in [1.807, 2.05) is 31.2 Å². The fourth-order valence-electron chi connectivity index (χ4n) is 2.53. The molecular weight excluding hydrogens is 267 g/mol. The van der Waals surface area contributed by atoms with E-state index in [1.165, 1.54) is 12.1 Å². The number of aliphatic hydroxyl groups is 1. The Bertz CT molecular complexity index is 637. The van der Waals surface area contributed by atoms with Crippen molar-refractivity contribution in [3.63, 3.8) is 0 Å². The van der Waals surface area contributed by atoms with Gasteiger partial charge in [0.25, 0.3) is 0 Å². The van der Waals surface area contributed by atoms with Crippen LogP contribution < -0.4 is 4.74 Å². The van der Waals surface area contributed by atoms with Gasteiger partial charge in [0.2, 0.25) is 0 Å². The molecule has 0 aromatic heterocycles. The number of hydrogen-bond acceptors (Lipinski definition) is 2. The van der Waals surface area contributed by atoms with Crippen LogP contribution in [0.5, 0.6) is 5.75 Å². The maximum absolute atomic E-state index is 13.5. The van der Waals surface area contributed by atoms with Gasteiger partial charge in [0.05, 0.1) is 6.10 Å². The number of rotatable bonds is 5. The van der Waals surface area contributed by atoms with Crippen molar-refractivity contribution in [2.75, 3.05) is 0 Å². The fraction of sp³-hybridized carbons (Fsp3) is 0.333.